The van der Waals surface area contributed by atoms with E-state index in [2.05, 4.69) is 18.2 Å². The fraction of sp³-hybridized carbons (Fsp3) is 0.118. The van der Waals surface area contributed by atoms with Gasteiger partial charge in [0.2, 0.25) is 0 Å². The van der Waals surface area contributed by atoms with Gasteiger partial charge in [-0.1, -0.05) is 54.6 Å². The van der Waals surface area contributed by atoms with E-state index in [0.29, 0.717) is 5.57 Å². The highest BCUT2D eigenvalue weighted by Crippen LogP contribution is 2.41. The zero-order valence-corrected chi connectivity index (χ0v) is 10.7. The van der Waals surface area contributed by atoms with Gasteiger partial charge in [-0.15, -0.1) is 0 Å². The molecular weight excluding hydrogens is 236 g/mol. The maximum absolute atomic E-state index is 11.9. The van der Waals surface area contributed by atoms with E-state index in [1.807, 2.05) is 42.5 Å². The summed E-state index contributed by atoms with van der Waals surface area (Å²) in [6.45, 7) is 0. The lowest BCUT2D eigenvalue weighted by Crippen LogP contribution is -2.06. The second kappa shape index (κ2) is 4.73. The fourth-order valence-corrected chi connectivity index (χ4v) is 2.58. The summed E-state index contributed by atoms with van der Waals surface area (Å²) in [5.74, 6) is -0.118. The molecule has 19 heavy (non-hydrogen) atoms. The quantitative estimate of drug-likeness (QED) is 0.753. The molecule has 1 unspecified atom stereocenters. The molecule has 0 saturated carbocycles. The first kappa shape index (κ1) is 11.7. The van der Waals surface area contributed by atoms with Crippen LogP contribution in [0.2, 0.25) is 0 Å². The highest BCUT2D eigenvalue weighted by Gasteiger charge is 2.29. The molecule has 94 valence electrons. The first-order valence-corrected chi connectivity index (χ1v) is 6.25. The van der Waals surface area contributed by atoms with E-state index >= 15 is 0 Å². The summed E-state index contributed by atoms with van der Waals surface area (Å²) in [6.07, 6.45) is 10.0. The largest absolute Gasteiger partial charge is 0.465 e. The van der Waals surface area contributed by atoms with Gasteiger partial charge in [-0.05, 0) is 22.8 Å². The van der Waals surface area contributed by atoms with Gasteiger partial charge in [-0.3, -0.25) is 0 Å². The van der Waals surface area contributed by atoms with Crippen molar-refractivity contribution in [3.63, 3.8) is 0 Å². The van der Waals surface area contributed by atoms with Gasteiger partial charge >= 0.3 is 5.97 Å². The van der Waals surface area contributed by atoms with E-state index in [0.717, 1.165) is 16.7 Å². The lowest BCUT2D eigenvalue weighted by molar-refractivity contribution is -0.135. The number of fused-ring (bicyclic) bond motifs is 1. The number of carbonyl (C=O) groups excluding carboxylic acids is 1. The Bertz CT molecular complexity index is 630. The minimum Gasteiger partial charge on any atom is -0.465 e. The summed E-state index contributed by atoms with van der Waals surface area (Å²) < 4.78 is 4.87. The molecule has 2 aliphatic carbocycles. The molecule has 1 aromatic carbocycles. The van der Waals surface area contributed by atoms with Crippen molar-refractivity contribution >= 4 is 11.5 Å². The average molecular weight is 250 g/mol. The van der Waals surface area contributed by atoms with Crippen molar-refractivity contribution in [1.82, 2.24) is 0 Å². The van der Waals surface area contributed by atoms with E-state index < -0.39 is 0 Å². The third kappa shape index (κ3) is 1.95. The Labute approximate surface area is 112 Å². The average Bonchev–Trinajstić information content (AvgIpc) is 2.87. The topological polar surface area (TPSA) is 26.3 Å². The molecule has 0 amide bonds. The van der Waals surface area contributed by atoms with Gasteiger partial charge in [0.05, 0.1) is 12.7 Å². The molecule has 2 nitrogen and oxygen atoms in total. The molecule has 0 bridgehead atoms. The Morgan fingerprint density at radius 1 is 1.16 bits per heavy atom. The Kier molecular flexibility index (Phi) is 2.92. The molecule has 0 aliphatic heterocycles. The molecule has 1 aromatic rings. The third-order valence-corrected chi connectivity index (χ3v) is 3.48. The number of esters is 1. The van der Waals surface area contributed by atoms with Gasteiger partial charge < -0.3 is 4.74 Å². The smallest absolute Gasteiger partial charge is 0.338 e. The van der Waals surface area contributed by atoms with Crippen LogP contribution >= 0.6 is 0 Å². The molecule has 2 aliphatic rings. The highest BCUT2D eigenvalue weighted by molar-refractivity contribution is 6.00. The van der Waals surface area contributed by atoms with Crippen LogP contribution in [0.15, 0.2) is 71.9 Å². The number of hydrogen-bond donors (Lipinski definition) is 0. The van der Waals surface area contributed by atoms with Crippen molar-refractivity contribution in [3.05, 3.63) is 77.4 Å². The molecule has 0 heterocycles. The highest BCUT2D eigenvalue weighted by atomic mass is 16.5. The van der Waals surface area contributed by atoms with Crippen LogP contribution in [0.3, 0.4) is 0 Å². The minimum absolute atomic E-state index is 0.154. The molecule has 0 aromatic heterocycles. The standard InChI is InChI=1S/C17H14O2/c1-19-17(18)16-11-15(12-7-3-2-4-8-12)13-9-5-6-10-14(13)16/h2-11,13H,1H3. The molecule has 0 spiro atoms. The molecule has 0 radical (unpaired) electrons. The number of hydrogen-bond acceptors (Lipinski definition) is 2. The molecular formula is C17H14O2. The summed E-state index contributed by atoms with van der Waals surface area (Å²) in [7, 11) is 1.42. The summed E-state index contributed by atoms with van der Waals surface area (Å²) in [4.78, 5) is 11.9. The molecule has 0 saturated heterocycles. The van der Waals surface area contributed by atoms with Crippen molar-refractivity contribution in [2.24, 2.45) is 5.92 Å². The van der Waals surface area contributed by atoms with Gasteiger partial charge in [-0.25, -0.2) is 4.79 Å². The first-order chi connectivity index (χ1) is 9.31. The Balaban J connectivity index is 2.08. The monoisotopic (exact) mass is 250 g/mol. The van der Waals surface area contributed by atoms with Crippen LogP contribution in [0.25, 0.3) is 5.57 Å². The number of ether oxygens (including phenoxy) is 1. The van der Waals surface area contributed by atoms with Crippen molar-refractivity contribution in [2.45, 2.75) is 0 Å². The predicted octanol–water partition coefficient (Wildman–Crippen LogP) is 3.30. The number of rotatable bonds is 2. The summed E-state index contributed by atoms with van der Waals surface area (Å²) in [6, 6.07) is 10.1. The number of methoxy groups -OCH3 is 1. The van der Waals surface area contributed by atoms with E-state index in [-0.39, 0.29) is 11.9 Å². The van der Waals surface area contributed by atoms with Crippen molar-refractivity contribution in [2.75, 3.05) is 7.11 Å². The SMILES string of the molecule is COC(=O)C1=C2C=CC=CC2C(c2ccccc2)=C1. The lowest BCUT2D eigenvalue weighted by Gasteiger charge is -2.16. The summed E-state index contributed by atoms with van der Waals surface area (Å²) in [5, 5.41) is 0. The molecule has 2 heteroatoms. The second-order valence-corrected chi connectivity index (χ2v) is 4.55. The number of carbonyl (C=O) groups is 1. The summed E-state index contributed by atoms with van der Waals surface area (Å²) >= 11 is 0. The van der Waals surface area contributed by atoms with Crippen LogP contribution < -0.4 is 0 Å². The maximum Gasteiger partial charge on any atom is 0.338 e. The van der Waals surface area contributed by atoms with Crippen molar-refractivity contribution < 1.29 is 9.53 Å². The van der Waals surface area contributed by atoms with Crippen LogP contribution in [-0.4, -0.2) is 13.1 Å². The van der Waals surface area contributed by atoms with Gasteiger partial charge in [0, 0.05) is 5.92 Å². The van der Waals surface area contributed by atoms with E-state index in [9.17, 15) is 4.79 Å². The van der Waals surface area contributed by atoms with E-state index in [1.54, 1.807) is 0 Å². The van der Waals surface area contributed by atoms with Crippen LogP contribution in [0, 0.1) is 5.92 Å². The van der Waals surface area contributed by atoms with E-state index in [4.69, 9.17) is 4.74 Å². The normalized spacial score (nSPS) is 20.3. The molecule has 1 atom stereocenters. The summed E-state index contributed by atoms with van der Waals surface area (Å²) in [5.41, 5.74) is 3.97. The van der Waals surface area contributed by atoms with Gasteiger partial charge in [0.15, 0.2) is 0 Å². The van der Waals surface area contributed by atoms with Gasteiger partial charge in [-0.2, -0.15) is 0 Å². The number of allylic oxidation sites excluding steroid dienone is 6. The first-order valence-electron chi connectivity index (χ1n) is 6.25. The van der Waals surface area contributed by atoms with Crippen LogP contribution in [0.5, 0.6) is 0 Å². The van der Waals surface area contributed by atoms with E-state index in [1.165, 1.54) is 7.11 Å². The maximum atomic E-state index is 11.9. The minimum atomic E-state index is -0.272. The third-order valence-electron chi connectivity index (χ3n) is 3.48. The van der Waals surface area contributed by atoms with Crippen LogP contribution in [-0.2, 0) is 9.53 Å². The fourth-order valence-electron chi connectivity index (χ4n) is 2.58. The lowest BCUT2D eigenvalue weighted by atomic mass is 9.88. The zero-order chi connectivity index (χ0) is 13.2. The van der Waals surface area contributed by atoms with Crippen LogP contribution in [0.4, 0.5) is 0 Å². The molecule has 0 N–H and O–H groups in total. The Hall–Kier alpha value is -2.35. The molecule has 0 fully saturated rings. The molecule has 3 rings (SSSR count). The second-order valence-electron chi connectivity index (χ2n) is 4.55. The van der Waals surface area contributed by atoms with Crippen molar-refractivity contribution in [1.29, 1.82) is 0 Å². The predicted molar refractivity (Wildman–Crippen MR) is 75.2 cm³/mol. The van der Waals surface area contributed by atoms with Gasteiger partial charge in [0.25, 0.3) is 0 Å². The zero-order valence-electron chi connectivity index (χ0n) is 10.7. The Morgan fingerprint density at radius 3 is 2.68 bits per heavy atom. The Morgan fingerprint density at radius 2 is 1.95 bits per heavy atom. The van der Waals surface area contributed by atoms with Crippen molar-refractivity contribution in [3.8, 4) is 0 Å². The number of benzene rings is 1. The van der Waals surface area contributed by atoms with Gasteiger partial charge in [0.1, 0.15) is 0 Å². The van der Waals surface area contributed by atoms with Crippen LogP contribution in [0.1, 0.15) is 5.56 Å².